The van der Waals surface area contributed by atoms with Crippen LogP contribution in [0.15, 0.2) is 47.0 Å². The highest BCUT2D eigenvalue weighted by Gasteiger charge is 2.33. The molecule has 1 N–H and O–H groups in total. The molecular formula is C20H13ClF4N2O4. The van der Waals surface area contributed by atoms with E-state index in [1.54, 1.807) is 0 Å². The predicted octanol–water partition coefficient (Wildman–Crippen LogP) is 5.26. The molecule has 11 heteroatoms. The summed E-state index contributed by atoms with van der Waals surface area (Å²) in [6.07, 6.45) is -4.69. The minimum atomic E-state index is -4.69. The van der Waals surface area contributed by atoms with Gasteiger partial charge in [-0.1, -0.05) is 35.0 Å². The third-order valence-electron chi connectivity index (χ3n) is 4.11. The Labute approximate surface area is 177 Å². The van der Waals surface area contributed by atoms with E-state index in [1.165, 1.54) is 31.2 Å². The Morgan fingerprint density at radius 3 is 2.55 bits per heavy atom. The first-order chi connectivity index (χ1) is 14.6. The molecule has 1 heterocycles. The summed E-state index contributed by atoms with van der Waals surface area (Å²) in [5, 5.41) is 5.64. The average Bonchev–Trinajstić information content (AvgIpc) is 3.07. The van der Waals surface area contributed by atoms with Crippen LogP contribution in [0, 0.1) is 12.7 Å². The van der Waals surface area contributed by atoms with Crippen LogP contribution in [0.4, 0.5) is 23.2 Å². The van der Waals surface area contributed by atoms with Gasteiger partial charge in [-0.05, 0) is 31.2 Å². The van der Waals surface area contributed by atoms with Crippen LogP contribution in [0.5, 0.6) is 0 Å². The van der Waals surface area contributed by atoms with Crippen LogP contribution in [0.3, 0.4) is 0 Å². The highest BCUT2D eigenvalue weighted by Crippen LogP contribution is 2.35. The molecular weight excluding hydrogens is 444 g/mol. The van der Waals surface area contributed by atoms with Crippen molar-refractivity contribution in [1.82, 2.24) is 5.16 Å². The van der Waals surface area contributed by atoms with E-state index in [2.05, 4.69) is 5.16 Å². The Bertz CT molecular complexity index is 1120. The number of nitrogens with zero attached hydrogens (tertiary/aromatic N) is 1. The monoisotopic (exact) mass is 456 g/mol. The quantitative estimate of drug-likeness (QED) is 0.418. The number of aromatic nitrogens is 1. The van der Waals surface area contributed by atoms with Crippen LogP contribution < -0.4 is 5.32 Å². The van der Waals surface area contributed by atoms with Gasteiger partial charge in [0, 0.05) is 0 Å². The highest BCUT2D eigenvalue weighted by molar-refractivity contribution is 6.33. The molecule has 31 heavy (non-hydrogen) atoms. The summed E-state index contributed by atoms with van der Waals surface area (Å²) in [5.41, 5.74) is -2.24. The molecule has 0 radical (unpaired) electrons. The molecule has 0 fully saturated rings. The number of anilines is 1. The third kappa shape index (κ3) is 4.85. The molecule has 3 aromatic rings. The van der Waals surface area contributed by atoms with Crippen molar-refractivity contribution >= 4 is 29.2 Å². The van der Waals surface area contributed by atoms with Gasteiger partial charge in [0.05, 0.1) is 21.8 Å². The number of hydrogen-bond donors (Lipinski definition) is 1. The lowest BCUT2D eigenvalue weighted by Gasteiger charge is -2.13. The molecule has 0 aliphatic heterocycles. The molecule has 0 bridgehead atoms. The molecule has 162 valence electrons. The maximum Gasteiger partial charge on any atom is 0.418 e. The smallest absolute Gasteiger partial charge is 0.418 e. The largest absolute Gasteiger partial charge is 0.452 e. The zero-order valence-electron chi connectivity index (χ0n) is 15.7. The minimum Gasteiger partial charge on any atom is -0.452 e. The molecule has 3 rings (SSSR count). The van der Waals surface area contributed by atoms with Crippen molar-refractivity contribution in [3.8, 4) is 11.3 Å². The van der Waals surface area contributed by atoms with Crippen LogP contribution in [-0.4, -0.2) is 23.6 Å². The van der Waals surface area contributed by atoms with Crippen LogP contribution in [0.2, 0.25) is 5.02 Å². The number of benzene rings is 2. The van der Waals surface area contributed by atoms with Gasteiger partial charge in [0.25, 0.3) is 5.91 Å². The normalized spacial score (nSPS) is 11.3. The van der Waals surface area contributed by atoms with Gasteiger partial charge < -0.3 is 14.6 Å². The number of hydrogen-bond acceptors (Lipinski definition) is 5. The van der Waals surface area contributed by atoms with E-state index >= 15 is 0 Å². The summed E-state index contributed by atoms with van der Waals surface area (Å²) in [4.78, 5) is 24.5. The van der Waals surface area contributed by atoms with Crippen molar-refractivity contribution in [2.45, 2.75) is 13.1 Å². The molecule has 6 nitrogen and oxygen atoms in total. The summed E-state index contributed by atoms with van der Waals surface area (Å²) in [6.45, 7) is 0.460. The number of esters is 1. The number of nitrogens with one attached hydrogen (secondary N) is 1. The number of carbonyl (C=O) groups is 2. The molecule has 0 saturated carbocycles. The molecule has 0 spiro atoms. The number of rotatable bonds is 5. The lowest BCUT2D eigenvalue weighted by atomic mass is 10.1. The lowest BCUT2D eigenvalue weighted by Crippen LogP contribution is -2.23. The summed E-state index contributed by atoms with van der Waals surface area (Å²) in [7, 11) is 0. The predicted molar refractivity (Wildman–Crippen MR) is 102 cm³/mol. The van der Waals surface area contributed by atoms with Gasteiger partial charge in [-0.2, -0.15) is 13.2 Å². The number of carbonyl (C=O) groups excluding carboxylic acids is 2. The summed E-state index contributed by atoms with van der Waals surface area (Å²) in [5.74, 6) is -2.89. The number of alkyl halides is 3. The molecule has 1 amide bonds. The van der Waals surface area contributed by atoms with Gasteiger partial charge >= 0.3 is 12.1 Å². The van der Waals surface area contributed by atoms with Crippen molar-refractivity contribution < 1.29 is 36.4 Å². The van der Waals surface area contributed by atoms with Crippen molar-refractivity contribution in [3.05, 3.63) is 70.2 Å². The van der Waals surface area contributed by atoms with E-state index in [4.69, 9.17) is 20.9 Å². The van der Waals surface area contributed by atoms with Gasteiger partial charge in [0.15, 0.2) is 6.61 Å². The van der Waals surface area contributed by atoms with E-state index in [9.17, 15) is 27.2 Å². The van der Waals surface area contributed by atoms with E-state index in [-0.39, 0.29) is 27.6 Å². The summed E-state index contributed by atoms with van der Waals surface area (Å²) < 4.78 is 63.1. The van der Waals surface area contributed by atoms with Crippen molar-refractivity contribution in [2.75, 3.05) is 11.9 Å². The first-order valence-corrected chi connectivity index (χ1v) is 9.01. The van der Waals surface area contributed by atoms with Crippen molar-refractivity contribution in [1.29, 1.82) is 0 Å². The Balaban J connectivity index is 1.76. The van der Waals surface area contributed by atoms with Crippen LogP contribution in [0.25, 0.3) is 11.3 Å². The fraction of sp³-hybridized carbons (Fsp3) is 0.150. The van der Waals surface area contributed by atoms with E-state index in [1.807, 2.05) is 5.32 Å². The number of aryl methyl sites for hydroxylation is 1. The second kappa shape index (κ2) is 8.76. The second-order valence-electron chi connectivity index (χ2n) is 6.23. The number of ether oxygens (including phenoxy) is 1. The second-order valence-corrected chi connectivity index (χ2v) is 6.63. The van der Waals surface area contributed by atoms with Crippen LogP contribution in [-0.2, 0) is 15.7 Å². The molecule has 0 saturated heterocycles. The van der Waals surface area contributed by atoms with Crippen molar-refractivity contribution in [3.63, 3.8) is 0 Å². The summed E-state index contributed by atoms with van der Waals surface area (Å²) in [6, 6.07) is 8.17. The Morgan fingerprint density at radius 2 is 1.87 bits per heavy atom. The Kier molecular flexibility index (Phi) is 6.30. The van der Waals surface area contributed by atoms with Gasteiger partial charge in [-0.25, -0.2) is 9.18 Å². The topological polar surface area (TPSA) is 81.4 Å². The average molecular weight is 457 g/mol. The first kappa shape index (κ1) is 22.3. The number of halogens is 5. The Morgan fingerprint density at radius 1 is 1.16 bits per heavy atom. The molecule has 2 aromatic carbocycles. The standard InChI is InChI=1S/C20H13ClF4N2O4/c1-10-16(18(27-31-10)17-12(21)6-4-7-13(17)22)19(29)30-9-15(28)26-14-8-3-2-5-11(14)20(23,24)25/h2-8H,9H2,1H3,(H,26,28). The van der Waals surface area contributed by atoms with Crippen LogP contribution >= 0.6 is 11.6 Å². The zero-order chi connectivity index (χ0) is 22.8. The van der Waals surface area contributed by atoms with Gasteiger partial charge in [0.2, 0.25) is 0 Å². The third-order valence-corrected chi connectivity index (χ3v) is 4.42. The maximum atomic E-state index is 14.2. The number of amides is 1. The molecule has 0 aliphatic carbocycles. The first-order valence-electron chi connectivity index (χ1n) is 8.63. The zero-order valence-corrected chi connectivity index (χ0v) is 16.5. The van der Waals surface area contributed by atoms with E-state index in [0.29, 0.717) is 0 Å². The Hall–Kier alpha value is -3.40. The summed E-state index contributed by atoms with van der Waals surface area (Å²) >= 11 is 5.99. The van der Waals surface area contributed by atoms with Gasteiger partial charge in [-0.15, -0.1) is 0 Å². The highest BCUT2D eigenvalue weighted by atomic mass is 35.5. The van der Waals surface area contributed by atoms with Crippen LogP contribution in [0.1, 0.15) is 21.7 Å². The van der Waals surface area contributed by atoms with E-state index in [0.717, 1.165) is 18.2 Å². The fourth-order valence-electron chi connectivity index (χ4n) is 2.74. The molecule has 1 aromatic heterocycles. The molecule has 0 unspecified atom stereocenters. The van der Waals surface area contributed by atoms with Crippen molar-refractivity contribution in [2.24, 2.45) is 0 Å². The van der Waals surface area contributed by atoms with Gasteiger partial charge in [-0.3, -0.25) is 4.79 Å². The lowest BCUT2D eigenvalue weighted by molar-refractivity contribution is -0.137. The molecule has 0 aliphatic rings. The van der Waals surface area contributed by atoms with E-state index < -0.39 is 41.7 Å². The minimum absolute atomic E-state index is 0.0258. The fourth-order valence-corrected chi connectivity index (χ4v) is 2.99. The SMILES string of the molecule is Cc1onc(-c2c(F)cccc2Cl)c1C(=O)OCC(=O)Nc1ccccc1C(F)(F)F. The number of para-hydroxylation sites is 1. The maximum absolute atomic E-state index is 14.2. The van der Waals surface area contributed by atoms with Gasteiger partial charge in [0.1, 0.15) is 22.8 Å². The molecule has 0 atom stereocenters.